The number of nitro benzene ring substituents is 1. The molecule has 8 heteroatoms. The molecule has 33 heavy (non-hydrogen) atoms. The molecule has 0 radical (unpaired) electrons. The predicted molar refractivity (Wildman–Crippen MR) is 127 cm³/mol. The van der Waals surface area contributed by atoms with Crippen LogP contribution in [0.3, 0.4) is 0 Å². The minimum absolute atomic E-state index is 0.0509. The van der Waals surface area contributed by atoms with Crippen LogP contribution in [0.5, 0.6) is 0 Å². The highest BCUT2D eigenvalue weighted by molar-refractivity contribution is 6.45. The second-order valence-corrected chi connectivity index (χ2v) is 9.56. The van der Waals surface area contributed by atoms with Crippen molar-refractivity contribution in [1.29, 1.82) is 0 Å². The number of carbonyl (C=O) groups excluding carboxylic acids is 2. The Kier molecular flexibility index (Phi) is 5.80. The maximum Gasteiger partial charge on any atom is 0.282 e. The van der Waals surface area contributed by atoms with Gasteiger partial charge in [0.05, 0.1) is 16.2 Å². The summed E-state index contributed by atoms with van der Waals surface area (Å²) in [5, 5.41) is 11.1. The van der Waals surface area contributed by atoms with E-state index in [2.05, 4.69) is 25.7 Å². The van der Waals surface area contributed by atoms with Crippen molar-refractivity contribution in [2.45, 2.75) is 26.2 Å². The van der Waals surface area contributed by atoms with Gasteiger partial charge >= 0.3 is 0 Å². The lowest BCUT2D eigenvalue weighted by Gasteiger charge is -2.34. The summed E-state index contributed by atoms with van der Waals surface area (Å²) in [5.74, 6) is -0.771. The summed E-state index contributed by atoms with van der Waals surface area (Å²) in [6.07, 6.45) is 0. The Bertz CT molecular complexity index is 1120. The maximum absolute atomic E-state index is 13.6. The number of hydrogen-bond donors (Lipinski definition) is 0. The molecule has 0 bridgehead atoms. The lowest BCUT2D eigenvalue weighted by Crippen LogP contribution is -2.46. The van der Waals surface area contributed by atoms with Gasteiger partial charge in [0.1, 0.15) is 5.70 Å². The van der Waals surface area contributed by atoms with E-state index >= 15 is 0 Å². The number of nitro groups is 1. The number of rotatable bonds is 4. The van der Waals surface area contributed by atoms with Gasteiger partial charge in [0.2, 0.25) is 0 Å². The number of non-ortho nitro benzene ring substituents is 1. The van der Waals surface area contributed by atoms with Crippen LogP contribution >= 0.6 is 0 Å². The standard InChI is InChI=1S/C25H28N4O4/c1-25(2,3)18-7-11-19(12-8-18)28-23(30)21(17-5-9-20(10-6-17)29(32)33)22(24(28)31)27-15-13-26(4)14-16-27/h5-12H,13-16H2,1-4H3. The van der Waals surface area contributed by atoms with Gasteiger partial charge in [-0.05, 0) is 47.9 Å². The first-order chi connectivity index (χ1) is 15.6. The largest absolute Gasteiger partial charge is 0.364 e. The smallest absolute Gasteiger partial charge is 0.282 e. The minimum Gasteiger partial charge on any atom is -0.364 e. The van der Waals surface area contributed by atoms with Gasteiger partial charge in [-0.1, -0.05) is 32.9 Å². The van der Waals surface area contributed by atoms with Gasteiger partial charge in [-0.15, -0.1) is 0 Å². The second kappa shape index (κ2) is 8.44. The quantitative estimate of drug-likeness (QED) is 0.405. The summed E-state index contributed by atoms with van der Waals surface area (Å²) in [6.45, 7) is 9.11. The van der Waals surface area contributed by atoms with E-state index in [0.717, 1.165) is 18.7 Å². The van der Waals surface area contributed by atoms with Crippen molar-refractivity contribution in [3.63, 3.8) is 0 Å². The van der Waals surface area contributed by atoms with E-state index < -0.39 is 10.8 Å². The Morgan fingerprint density at radius 2 is 1.42 bits per heavy atom. The first kappa shape index (κ1) is 22.7. The van der Waals surface area contributed by atoms with Crippen molar-refractivity contribution in [1.82, 2.24) is 9.80 Å². The monoisotopic (exact) mass is 448 g/mol. The Balaban J connectivity index is 1.76. The fraction of sp³-hybridized carbons (Fsp3) is 0.360. The van der Waals surface area contributed by atoms with E-state index in [1.165, 1.54) is 17.0 Å². The van der Waals surface area contributed by atoms with E-state index in [1.54, 1.807) is 24.3 Å². The van der Waals surface area contributed by atoms with Crippen LogP contribution in [-0.2, 0) is 15.0 Å². The molecule has 1 fully saturated rings. The van der Waals surface area contributed by atoms with Crippen LogP contribution < -0.4 is 4.90 Å². The number of benzene rings is 2. The highest BCUT2D eigenvalue weighted by Crippen LogP contribution is 2.36. The number of hydrogen-bond acceptors (Lipinski definition) is 6. The van der Waals surface area contributed by atoms with E-state index in [1.807, 2.05) is 24.1 Å². The van der Waals surface area contributed by atoms with Crippen LogP contribution in [0.15, 0.2) is 54.2 Å². The molecule has 2 amide bonds. The third-order valence-corrected chi connectivity index (χ3v) is 6.24. The zero-order valence-corrected chi connectivity index (χ0v) is 19.4. The highest BCUT2D eigenvalue weighted by Gasteiger charge is 2.43. The molecule has 4 rings (SSSR count). The van der Waals surface area contributed by atoms with Crippen LogP contribution in [0.2, 0.25) is 0 Å². The number of carbonyl (C=O) groups is 2. The Hall–Kier alpha value is -3.52. The van der Waals surface area contributed by atoms with E-state index in [-0.39, 0.29) is 17.0 Å². The first-order valence-electron chi connectivity index (χ1n) is 11.0. The SMILES string of the molecule is CN1CCN(C2=C(c3ccc([N+](=O)[O-])cc3)C(=O)N(c3ccc(C(C)(C)C)cc3)C2=O)CC1. The summed E-state index contributed by atoms with van der Waals surface area (Å²) < 4.78 is 0. The molecular formula is C25H28N4O4. The molecule has 2 aliphatic rings. The van der Waals surface area contributed by atoms with Gasteiger partial charge in [0.15, 0.2) is 0 Å². The summed E-state index contributed by atoms with van der Waals surface area (Å²) >= 11 is 0. The van der Waals surface area contributed by atoms with Crippen LogP contribution in [-0.4, -0.2) is 59.8 Å². The van der Waals surface area contributed by atoms with Crippen LogP contribution in [0.1, 0.15) is 31.9 Å². The van der Waals surface area contributed by atoms with Gasteiger partial charge in [-0.2, -0.15) is 0 Å². The summed E-state index contributed by atoms with van der Waals surface area (Å²) in [4.78, 5) is 43.2. The average Bonchev–Trinajstić information content (AvgIpc) is 3.04. The fourth-order valence-electron chi connectivity index (χ4n) is 4.20. The van der Waals surface area contributed by atoms with Crippen LogP contribution in [0, 0.1) is 10.1 Å². The van der Waals surface area contributed by atoms with Crippen LogP contribution in [0.25, 0.3) is 5.57 Å². The molecular weight excluding hydrogens is 420 g/mol. The number of imide groups is 1. The van der Waals surface area contributed by atoms with Gasteiger partial charge < -0.3 is 9.80 Å². The van der Waals surface area contributed by atoms with Crippen molar-refractivity contribution in [2.75, 3.05) is 38.1 Å². The molecule has 8 nitrogen and oxygen atoms in total. The number of anilines is 1. The number of likely N-dealkylation sites (N-methyl/N-ethyl adjacent to an activating group) is 1. The molecule has 0 N–H and O–H groups in total. The number of nitrogens with zero attached hydrogens (tertiary/aromatic N) is 4. The third-order valence-electron chi connectivity index (χ3n) is 6.24. The molecule has 0 spiro atoms. The molecule has 1 saturated heterocycles. The van der Waals surface area contributed by atoms with E-state index in [0.29, 0.717) is 35.6 Å². The van der Waals surface area contributed by atoms with E-state index in [9.17, 15) is 19.7 Å². The van der Waals surface area contributed by atoms with Gasteiger partial charge in [-0.3, -0.25) is 19.7 Å². The fourth-order valence-corrected chi connectivity index (χ4v) is 4.20. The molecule has 0 atom stereocenters. The molecule has 2 aliphatic heterocycles. The molecule has 0 aromatic heterocycles. The minimum atomic E-state index is -0.482. The van der Waals surface area contributed by atoms with Crippen molar-refractivity contribution >= 4 is 28.8 Å². The van der Waals surface area contributed by atoms with Gasteiger partial charge in [0.25, 0.3) is 17.5 Å². The van der Waals surface area contributed by atoms with Crippen LogP contribution in [0.4, 0.5) is 11.4 Å². The zero-order chi connectivity index (χ0) is 23.9. The Morgan fingerprint density at radius 3 is 1.94 bits per heavy atom. The molecule has 2 aromatic carbocycles. The van der Waals surface area contributed by atoms with E-state index in [4.69, 9.17) is 0 Å². The molecule has 2 aromatic rings. The van der Waals surface area contributed by atoms with Crippen molar-refractivity contribution < 1.29 is 14.5 Å². The lowest BCUT2D eigenvalue weighted by atomic mass is 9.87. The highest BCUT2D eigenvalue weighted by atomic mass is 16.6. The number of amides is 2. The van der Waals surface area contributed by atoms with Crippen molar-refractivity contribution in [3.8, 4) is 0 Å². The third kappa shape index (κ3) is 4.26. The first-order valence-corrected chi connectivity index (χ1v) is 11.0. The average molecular weight is 449 g/mol. The normalized spacial score (nSPS) is 17.8. The summed E-state index contributed by atoms with van der Waals surface area (Å²) in [6, 6.07) is 13.3. The van der Waals surface area contributed by atoms with Gasteiger partial charge in [0, 0.05) is 38.3 Å². The summed E-state index contributed by atoms with van der Waals surface area (Å²) in [5.41, 5.74) is 2.66. The Labute approximate surface area is 193 Å². The van der Waals surface area contributed by atoms with Crippen molar-refractivity contribution in [2.24, 2.45) is 0 Å². The lowest BCUT2D eigenvalue weighted by molar-refractivity contribution is -0.384. The maximum atomic E-state index is 13.6. The molecule has 2 heterocycles. The van der Waals surface area contributed by atoms with Crippen molar-refractivity contribution in [3.05, 3.63) is 75.5 Å². The molecule has 172 valence electrons. The predicted octanol–water partition coefficient (Wildman–Crippen LogP) is 3.42. The summed E-state index contributed by atoms with van der Waals surface area (Å²) in [7, 11) is 2.02. The van der Waals surface area contributed by atoms with Gasteiger partial charge in [-0.25, -0.2) is 4.90 Å². The molecule has 0 unspecified atom stereocenters. The zero-order valence-electron chi connectivity index (χ0n) is 19.4. The second-order valence-electron chi connectivity index (χ2n) is 9.56. The topological polar surface area (TPSA) is 87.0 Å². The molecule has 0 saturated carbocycles. The Morgan fingerprint density at radius 1 is 0.848 bits per heavy atom. The number of piperazine rings is 1. The molecule has 0 aliphatic carbocycles.